The Labute approximate surface area is 159 Å². The average molecular weight is 383 g/mol. The minimum Gasteiger partial charge on any atom is -0.486 e. The molecule has 0 saturated carbocycles. The fourth-order valence-corrected chi connectivity index (χ4v) is 3.31. The fourth-order valence-electron chi connectivity index (χ4n) is 2.63. The number of hydrogen-bond donors (Lipinski definition) is 2. The molecule has 2 aromatic heterocycles. The summed E-state index contributed by atoms with van der Waals surface area (Å²) in [5, 5.41) is 8.08. The molecule has 0 fully saturated rings. The second-order valence-corrected chi connectivity index (χ2v) is 6.81. The van der Waals surface area contributed by atoms with E-state index in [1.54, 1.807) is 23.6 Å². The lowest BCUT2D eigenvalue weighted by Crippen LogP contribution is -2.16. The van der Waals surface area contributed by atoms with Crippen LogP contribution >= 0.6 is 11.3 Å². The van der Waals surface area contributed by atoms with Gasteiger partial charge in [-0.25, -0.2) is 15.0 Å². The van der Waals surface area contributed by atoms with E-state index in [9.17, 15) is 4.79 Å². The van der Waals surface area contributed by atoms with E-state index >= 15 is 0 Å². The second-order valence-electron chi connectivity index (χ2n) is 5.95. The Bertz CT molecular complexity index is 984. The van der Waals surface area contributed by atoms with Gasteiger partial charge in [0.1, 0.15) is 18.9 Å². The summed E-state index contributed by atoms with van der Waals surface area (Å²) < 4.78 is 11.0. The first-order valence-corrected chi connectivity index (χ1v) is 9.20. The maximum absolute atomic E-state index is 12.5. The van der Waals surface area contributed by atoms with Crippen LogP contribution in [0.3, 0.4) is 0 Å². The van der Waals surface area contributed by atoms with Crippen molar-refractivity contribution >= 4 is 34.0 Å². The van der Waals surface area contributed by atoms with Gasteiger partial charge in [0.05, 0.1) is 0 Å². The van der Waals surface area contributed by atoms with Crippen molar-refractivity contribution < 1.29 is 14.3 Å². The molecule has 0 radical (unpaired) electrons. The molecule has 0 spiro atoms. The Morgan fingerprint density at radius 1 is 1.04 bits per heavy atom. The molecule has 4 rings (SSSR count). The molecule has 0 aliphatic carbocycles. The number of aromatic nitrogens is 3. The van der Waals surface area contributed by atoms with Crippen LogP contribution in [-0.4, -0.2) is 34.1 Å². The highest BCUT2D eigenvalue weighted by atomic mass is 32.1. The van der Waals surface area contributed by atoms with Gasteiger partial charge in [0.2, 0.25) is 5.95 Å². The number of anilines is 3. The molecule has 1 aromatic carbocycles. The molecule has 3 aromatic rings. The van der Waals surface area contributed by atoms with Gasteiger partial charge in [0, 0.05) is 28.5 Å². The third kappa shape index (κ3) is 3.98. The maximum Gasteiger partial charge on any atom is 0.275 e. The van der Waals surface area contributed by atoms with Gasteiger partial charge in [-0.15, -0.1) is 11.3 Å². The highest BCUT2D eigenvalue weighted by Crippen LogP contribution is 2.32. The van der Waals surface area contributed by atoms with E-state index in [0.717, 1.165) is 11.4 Å². The number of nitrogens with one attached hydrogen (secondary N) is 2. The number of ether oxygens (including phenoxy) is 2. The number of nitrogens with zero attached hydrogens (tertiary/aromatic N) is 3. The Kier molecular flexibility index (Phi) is 4.59. The van der Waals surface area contributed by atoms with Crippen molar-refractivity contribution in [3.05, 3.63) is 46.7 Å². The lowest BCUT2D eigenvalue weighted by molar-refractivity contribution is 0.102. The normalized spacial score (nSPS) is 12.5. The standard InChI is InChI=1S/C18H17N5O3S/c1-10-7-11(2)20-17(19-10)23-18-22-13(9-27-18)16(24)21-12-3-4-14-15(8-12)26-6-5-25-14/h3-4,7-9H,5-6H2,1-2H3,(H,21,24)(H,19,20,22,23). The number of aryl methyl sites for hydroxylation is 2. The largest absolute Gasteiger partial charge is 0.486 e. The maximum atomic E-state index is 12.5. The van der Waals surface area contributed by atoms with Crippen molar-refractivity contribution in [3.8, 4) is 11.5 Å². The minimum atomic E-state index is -0.308. The minimum absolute atomic E-state index is 0.307. The summed E-state index contributed by atoms with van der Waals surface area (Å²) >= 11 is 1.31. The number of thiazole rings is 1. The summed E-state index contributed by atoms with van der Waals surface area (Å²) in [5.41, 5.74) is 2.64. The van der Waals surface area contributed by atoms with Gasteiger partial charge in [0.25, 0.3) is 5.91 Å². The molecule has 3 heterocycles. The summed E-state index contributed by atoms with van der Waals surface area (Å²) in [7, 11) is 0. The van der Waals surface area contributed by atoms with Gasteiger partial charge >= 0.3 is 0 Å². The lowest BCUT2D eigenvalue weighted by atomic mass is 10.2. The van der Waals surface area contributed by atoms with Crippen molar-refractivity contribution in [1.29, 1.82) is 0 Å². The molecular weight excluding hydrogens is 366 g/mol. The summed E-state index contributed by atoms with van der Waals surface area (Å²) in [6, 6.07) is 7.16. The van der Waals surface area contributed by atoms with Crippen LogP contribution in [0, 0.1) is 13.8 Å². The molecule has 138 valence electrons. The molecule has 9 heteroatoms. The van der Waals surface area contributed by atoms with Gasteiger partial charge in [0.15, 0.2) is 16.6 Å². The second kappa shape index (κ2) is 7.20. The number of benzene rings is 1. The van der Waals surface area contributed by atoms with Crippen LogP contribution in [0.1, 0.15) is 21.9 Å². The first-order valence-electron chi connectivity index (χ1n) is 8.33. The van der Waals surface area contributed by atoms with E-state index in [0.29, 0.717) is 47.2 Å². The molecule has 2 N–H and O–H groups in total. The topological polar surface area (TPSA) is 98.3 Å². The number of rotatable bonds is 4. The number of hydrogen-bond acceptors (Lipinski definition) is 8. The predicted octanol–water partition coefficient (Wildman–Crippen LogP) is 3.32. The Hall–Kier alpha value is -3.20. The monoisotopic (exact) mass is 383 g/mol. The highest BCUT2D eigenvalue weighted by molar-refractivity contribution is 7.14. The Balaban J connectivity index is 1.45. The lowest BCUT2D eigenvalue weighted by Gasteiger charge is -2.18. The van der Waals surface area contributed by atoms with Crippen molar-refractivity contribution in [2.45, 2.75) is 13.8 Å². The summed E-state index contributed by atoms with van der Waals surface area (Å²) in [5.74, 6) is 1.44. The van der Waals surface area contributed by atoms with Gasteiger partial charge in [-0.1, -0.05) is 0 Å². The molecular formula is C18H17N5O3S. The van der Waals surface area contributed by atoms with Crippen molar-refractivity contribution in [2.75, 3.05) is 23.8 Å². The van der Waals surface area contributed by atoms with Crippen LogP contribution in [0.4, 0.5) is 16.8 Å². The van der Waals surface area contributed by atoms with Crippen LogP contribution in [-0.2, 0) is 0 Å². The Morgan fingerprint density at radius 2 is 1.78 bits per heavy atom. The zero-order chi connectivity index (χ0) is 18.8. The first kappa shape index (κ1) is 17.2. The van der Waals surface area contributed by atoms with Gasteiger partial charge in [-0.3, -0.25) is 4.79 Å². The molecule has 8 nitrogen and oxygen atoms in total. The number of fused-ring (bicyclic) bond motifs is 1. The zero-order valence-corrected chi connectivity index (χ0v) is 15.6. The smallest absolute Gasteiger partial charge is 0.275 e. The van der Waals surface area contributed by atoms with E-state index in [2.05, 4.69) is 25.6 Å². The summed E-state index contributed by atoms with van der Waals surface area (Å²) in [6.45, 7) is 4.81. The third-order valence-corrected chi connectivity index (χ3v) is 4.50. The van der Waals surface area contributed by atoms with Crippen molar-refractivity contribution in [3.63, 3.8) is 0 Å². The van der Waals surface area contributed by atoms with E-state index in [1.165, 1.54) is 11.3 Å². The van der Waals surface area contributed by atoms with E-state index in [4.69, 9.17) is 9.47 Å². The van der Waals surface area contributed by atoms with Crippen molar-refractivity contribution in [1.82, 2.24) is 15.0 Å². The summed E-state index contributed by atoms with van der Waals surface area (Å²) in [4.78, 5) is 25.4. The van der Waals surface area contributed by atoms with Gasteiger partial charge < -0.3 is 20.1 Å². The quantitative estimate of drug-likeness (QED) is 0.713. The van der Waals surface area contributed by atoms with Crippen LogP contribution < -0.4 is 20.1 Å². The molecule has 1 amide bonds. The molecule has 27 heavy (non-hydrogen) atoms. The van der Waals surface area contributed by atoms with Gasteiger partial charge in [-0.2, -0.15) is 0 Å². The van der Waals surface area contributed by atoms with E-state index in [-0.39, 0.29) is 5.91 Å². The van der Waals surface area contributed by atoms with Crippen LogP contribution in [0.5, 0.6) is 11.5 Å². The predicted molar refractivity (Wildman–Crippen MR) is 102 cm³/mol. The number of carbonyl (C=O) groups excluding carboxylic acids is 1. The number of amides is 1. The van der Waals surface area contributed by atoms with E-state index in [1.807, 2.05) is 19.9 Å². The molecule has 1 aliphatic heterocycles. The van der Waals surface area contributed by atoms with Crippen LogP contribution in [0.25, 0.3) is 0 Å². The van der Waals surface area contributed by atoms with Gasteiger partial charge in [-0.05, 0) is 32.0 Å². The number of carbonyl (C=O) groups is 1. The Morgan fingerprint density at radius 3 is 2.56 bits per heavy atom. The molecule has 0 saturated heterocycles. The zero-order valence-electron chi connectivity index (χ0n) is 14.8. The molecule has 0 atom stereocenters. The molecule has 0 bridgehead atoms. The van der Waals surface area contributed by atoms with Crippen LogP contribution in [0.15, 0.2) is 29.6 Å². The average Bonchev–Trinajstić information content (AvgIpc) is 3.09. The third-order valence-electron chi connectivity index (χ3n) is 3.74. The fraction of sp³-hybridized carbons (Fsp3) is 0.222. The van der Waals surface area contributed by atoms with E-state index < -0.39 is 0 Å². The van der Waals surface area contributed by atoms with Crippen molar-refractivity contribution in [2.24, 2.45) is 0 Å². The molecule has 0 unspecified atom stereocenters. The van der Waals surface area contributed by atoms with Crippen LogP contribution in [0.2, 0.25) is 0 Å². The first-order chi connectivity index (χ1) is 13.1. The summed E-state index contributed by atoms with van der Waals surface area (Å²) in [6.07, 6.45) is 0. The SMILES string of the molecule is Cc1cc(C)nc(Nc2nc(C(=O)Nc3ccc4c(c3)OCCO4)cs2)n1. The molecule has 1 aliphatic rings. The highest BCUT2D eigenvalue weighted by Gasteiger charge is 2.15.